The van der Waals surface area contributed by atoms with Gasteiger partial charge in [0.05, 0.1) is 16.6 Å². The van der Waals surface area contributed by atoms with Gasteiger partial charge in [0.1, 0.15) is 5.82 Å². The summed E-state index contributed by atoms with van der Waals surface area (Å²) in [5, 5.41) is 13.1. The van der Waals surface area contributed by atoms with Crippen molar-refractivity contribution >= 4 is 75.8 Å². The number of hydrogen-bond acceptors (Lipinski definition) is 2. The van der Waals surface area contributed by atoms with Crippen LogP contribution in [-0.2, 0) is 0 Å². The lowest BCUT2D eigenvalue weighted by Gasteiger charge is -2.14. The summed E-state index contributed by atoms with van der Waals surface area (Å²) in [5.74, 6) is 1.56. The lowest BCUT2D eigenvalue weighted by Crippen LogP contribution is -2.03. The minimum Gasteiger partial charge on any atom is -0.293 e. The van der Waals surface area contributed by atoms with Crippen LogP contribution >= 0.6 is 0 Å². The van der Waals surface area contributed by atoms with Crippen LogP contribution in [0.3, 0.4) is 0 Å². The maximum atomic E-state index is 5.52. The number of fused-ring (bicyclic) bond motifs is 8. The molecule has 2 aromatic heterocycles. The van der Waals surface area contributed by atoms with Gasteiger partial charge in [0.15, 0.2) is 5.82 Å². The molecule has 0 fully saturated rings. The summed E-state index contributed by atoms with van der Waals surface area (Å²) in [6.07, 6.45) is 0. The van der Waals surface area contributed by atoms with Gasteiger partial charge in [-0.2, -0.15) is 0 Å². The van der Waals surface area contributed by atoms with Crippen LogP contribution < -0.4 is 0 Å². The molecule has 0 radical (unpaired) electrons. The van der Waals surface area contributed by atoms with Crippen molar-refractivity contribution in [3.05, 3.63) is 200 Å². The van der Waals surface area contributed by atoms with Crippen LogP contribution in [0.25, 0.3) is 115 Å². The molecule has 2 heterocycles. The zero-order valence-electron chi connectivity index (χ0n) is 30.9. The first kappa shape index (κ1) is 31.7. The minimum atomic E-state index is 0.696. The molecular formula is C54H33N3. The summed E-state index contributed by atoms with van der Waals surface area (Å²) in [6, 6.07) is 72.4. The third kappa shape index (κ3) is 5.13. The van der Waals surface area contributed by atoms with E-state index in [-0.39, 0.29) is 0 Å². The van der Waals surface area contributed by atoms with E-state index in [1.165, 1.54) is 59.6 Å². The maximum absolute atomic E-state index is 5.52. The van der Waals surface area contributed by atoms with Crippen molar-refractivity contribution in [2.75, 3.05) is 0 Å². The van der Waals surface area contributed by atoms with E-state index in [2.05, 4.69) is 205 Å². The van der Waals surface area contributed by atoms with Crippen LogP contribution in [0.1, 0.15) is 0 Å². The van der Waals surface area contributed by atoms with Crippen molar-refractivity contribution in [3.8, 4) is 39.5 Å². The summed E-state index contributed by atoms with van der Waals surface area (Å²) >= 11 is 0. The van der Waals surface area contributed by atoms with Gasteiger partial charge in [-0.3, -0.25) is 4.57 Å². The summed E-state index contributed by atoms with van der Waals surface area (Å²) in [7, 11) is 0. The molecule has 12 aromatic rings. The van der Waals surface area contributed by atoms with Crippen molar-refractivity contribution in [1.82, 2.24) is 14.5 Å². The molecular weight excluding hydrogens is 691 g/mol. The monoisotopic (exact) mass is 723 g/mol. The molecule has 0 atom stereocenters. The average molecular weight is 724 g/mol. The Morgan fingerprint density at radius 1 is 0.298 bits per heavy atom. The Morgan fingerprint density at radius 3 is 1.63 bits per heavy atom. The molecule has 0 spiro atoms. The highest BCUT2D eigenvalue weighted by Gasteiger charge is 2.20. The second-order valence-electron chi connectivity index (χ2n) is 15.0. The van der Waals surface area contributed by atoms with Gasteiger partial charge in [-0.15, -0.1) is 0 Å². The molecule has 0 bridgehead atoms. The summed E-state index contributed by atoms with van der Waals surface area (Å²) < 4.78 is 2.37. The largest absolute Gasteiger partial charge is 0.293 e. The molecule has 57 heavy (non-hydrogen) atoms. The summed E-state index contributed by atoms with van der Waals surface area (Å²) in [5.41, 5.74) is 8.80. The van der Waals surface area contributed by atoms with E-state index < -0.39 is 0 Å². The van der Waals surface area contributed by atoms with Gasteiger partial charge in [-0.1, -0.05) is 152 Å². The SMILES string of the molecule is c1ccc2cc(-c3ccc4c(-n5c6ccc(-c7cccc8ccccc78)cc6c6cc7ccccc7cc65)nc(-c5ccc6ccccc6c5)nc4c3)ccc2c1. The van der Waals surface area contributed by atoms with E-state index in [0.717, 1.165) is 49.8 Å². The van der Waals surface area contributed by atoms with E-state index >= 15 is 0 Å². The molecule has 0 N–H and O–H groups in total. The average Bonchev–Trinajstić information content (AvgIpc) is 3.59. The molecule has 10 aromatic carbocycles. The van der Waals surface area contributed by atoms with E-state index in [0.29, 0.717) is 5.82 Å². The molecule has 12 rings (SSSR count). The van der Waals surface area contributed by atoms with Crippen molar-refractivity contribution in [1.29, 1.82) is 0 Å². The Bertz CT molecular complexity index is 3580. The van der Waals surface area contributed by atoms with Crippen LogP contribution in [0.15, 0.2) is 200 Å². The minimum absolute atomic E-state index is 0.696. The van der Waals surface area contributed by atoms with Gasteiger partial charge in [0, 0.05) is 21.7 Å². The fourth-order valence-electron chi connectivity index (χ4n) is 8.87. The zero-order chi connectivity index (χ0) is 37.5. The Kier molecular flexibility index (Phi) is 6.93. The van der Waals surface area contributed by atoms with Crippen molar-refractivity contribution in [2.45, 2.75) is 0 Å². The highest BCUT2D eigenvalue weighted by Crippen LogP contribution is 2.40. The number of hydrogen-bond donors (Lipinski definition) is 0. The fraction of sp³-hybridized carbons (Fsp3) is 0. The van der Waals surface area contributed by atoms with Gasteiger partial charge in [0.25, 0.3) is 0 Å². The molecule has 0 amide bonds. The zero-order valence-corrected chi connectivity index (χ0v) is 30.9. The quantitative estimate of drug-likeness (QED) is 0.181. The third-order valence-electron chi connectivity index (χ3n) is 11.7. The molecule has 0 aliphatic rings. The van der Waals surface area contributed by atoms with Gasteiger partial charge in [-0.05, 0) is 114 Å². The third-order valence-corrected chi connectivity index (χ3v) is 11.7. The van der Waals surface area contributed by atoms with Gasteiger partial charge in [0.2, 0.25) is 0 Å². The highest BCUT2D eigenvalue weighted by atomic mass is 15.1. The Balaban J connectivity index is 1.15. The first-order valence-corrected chi connectivity index (χ1v) is 19.5. The number of rotatable bonds is 4. The van der Waals surface area contributed by atoms with Crippen LogP contribution in [-0.4, -0.2) is 14.5 Å². The number of benzene rings is 10. The Hall–Kier alpha value is -7.62. The molecule has 0 aliphatic heterocycles. The smallest absolute Gasteiger partial charge is 0.162 e. The molecule has 3 nitrogen and oxygen atoms in total. The normalized spacial score (nSPS) is 11.9. The van der Waals surface area contributed by atoms with E-state index in [9.17, 15) is 0 Å². The topological polar surface area (TPSA) is 30.7 Å². The Labute approximate surface area is 328 Å². The standard InChI is InChI=1S/C54H33N3/c1-3-13-37-28-41(22-20-34(37)10-1)42-24-26-47-50(32-42)55-53(44-23-21-35-11-2-4-14-38(35)29-44)56-54(47)57-51-27-25-43(46-19-9-17-36-12-7-8-18-45(36)46)31-48(51)49-30-39-15-5-6-16-40(39)33-52(49)57/h1-33H. The molecule has 3 heteroatoms. The van der Waals surface area contributed by atoms with Gasteiger partial charge in [-0.25, -0.2) is 9.97 Å². The lowest BCUT2D eigenvalue weighted by molar-refractivity contribution is 1.08. The van der Waals surface area contributed by atoms with Crippen LogP contribution in [0, 0.1) is 0 Å². The van der Waals surface area contributed by atoms with Crippen LogP contribution in [0.4, 0.5) is 0 Å². The van der Waals surface area contributed by atoms with E-state index in [1.807, 2.05) is 0 Å². The maximum Gasteiger partial charge on any atom is 0.162 e. The van der Waals surface area contributed by atoms with Crippen LogP contribution in [0.5, 0.6) is 0 Å². The first-order chi connectivity index (χ1) is 28.2. The molecule has 0 saturated carbocycles. The fourth-order valence-corrected chi connectivity index (χ4v) is 8.87. The molecule has 0 unspecified atom stereocenters. The highest BCUT2D eigenvalue weighted by molar-refractivity contribution is 6.16. The number of aromatic nitrogens is 3. The van der Waals surface area contributed by atoms with E-state index in [4.69, 9.17) is 9.97 Å². The molecule has 0 saturated heterocycles. The van der Waals surface area contributed by atoms with Crippen LogP contribution in [0.2, 0.25) is 0 Å². The second-order valence-corrected chi connectivity index (χ2v) is 15.0. The summed E-state index contributed by atoms with van der Waals surface area (Å²) in [4.78, 5) is 10.9. The lowest BCUT2D eigenvalue weighted by atomic mass is 9.97. The van der Waals surface area contributed by atoms with E-state index in [1.54, 1.807) is 0 Å². The van der Waals surface area contributed by atoms with Crippen molar-refractivity contribution in [3.63, 3.8) is 0 Å². The van der Waals surface area contributed by atoms with Crippen molar-refractivity contribution in [2.24, 2.45) is 0 Å². The Morgan fingerprint density at radius 2 is 0.860 bits per heavy atom. The molecule has 264 valence electrons. The number of nitrogens with zero attached hydrogens (tertiary/aromatic N) is 3. The predicted octanol–water partition coefficient (Wildman–Crippen LogP) is 14.3. The second kappa shape index (κ2) is 12.5. The predicted molar refractivity (Wildman–Crippen MR) is 240 cm³/mol. The van der Waals surface area contributed by atoms with Gasteiger partial charge >= 0.3 is 0 Å². The molecule has 0 aliphatic carbocycles. The summed E-state index contributed by atoms with van der Waals surface area (Å²) in [6.45, 7) is 0. The van der Waals surface area contributed by atoms with Gasteiger partial charge < -0.3 is 0 Å². The van der Waals surface area contributed by atoms with Crippen molar-refractivity contribution < 1.29 is 0 Å². The first-order valence-electron chi connectivity index (χ1n) is 19.5.